The monoisotopic (exact) mass is 305 g/mol. The molecule has 21 heavy (non-hydrogen) atoms. The van der Waals surface area contributed by atoms with Crippen molar-refractivity contribution in [3.05, 3.63) is 46.4 Å². The molecule has 112 valence electrons. The fraction of sp³-hybridized carbons (Fsp3) is 0.400. The molecule has 0 aliphatic heterocycles. The van der Waals surface area contributed by atoms with E-state index in [0.717, 1.165) is 24.2 Å². The molecule has 6 heteroatoms. The van der Waals surface area contributed by atoms with E-state index >= 15 is 0 Å². The lowest BCUT2D eigenvalue weighted by atomic mass is 10.1. The minimum atomic E-state index is -0.167. The molecule has 2 rings (SSSR count). The largest absolute Gasteiger partial charge is 0.343 e. The Morgan fingerprint density at radius 3 is 2.81 bits per heavy atom. The number of ketones is 1. The first-order valence-electron chi connectivity index (χ1n) is 7.08. The molecule has 0 atom stereocenters. The van der Waals surface area contributed by atoms with E-state index in [4.69, 9.17) is 0 Å². The zero-order valence-electron chi connectivity index (χ0n) is 12.0. The van der Waals surface area contributed by atoms with Crippen LogP contribution in [0.1, 0.15) is 36.5 Å². The molecule has 1 aromatic heterocycles. The summed E-state index contributed by atoms with van der Waals surface area (Å²) in [6, 6.07) is 9.31. The van der Waals surface area contributed by atoms with E-state index in [1.807, 2.05) is 37.3 Å². The Hall–Kier alpha value is -1.82. The zero-order chi connectivity index (χ0) is 15.1. The number of rotatable bonds is 8. The number of aromatic nitrogens is 3. The number of carbonyl (C=O) groups is 1. The van der Waals surface area contributed by atoms with E-state index in [9.17, 15) is 9.59 Å². The van der Waals surface area contributed by atoms with Crippen LogP contribution in [0, 0.1) is 0 Å². The molecule has 0 unspecified atom stereocenters. The van der Waals surface area contributed by atoms with E-state index in [-0.39, 0.29) is 11.5 Å². The maximum absolute atomic E-state index is 11.9. The number of nitrogens with one attached hydrogen (secondary N) is 1. The molecule has 0 fully saturated rings. The molecule has 1 N–H and O–H groups in total. The highest BCUT2D eigenvalue weighted by atomic mass is 32.2. The number of nitrogens with zero attached hydrogens (tertiary/aromatic N) is 2. The van der Waals surface area contributed by atoms with Crippen molar-refractivity contribution in [2.75, 3.05) is 5.75 Å². The van der Waals surface area contributed by atoms with Gasteiger partial charge in [0, 0.05) is 24.3 Å². The maximum Gasteiger partial charge on any atom is 0.343 e. The smallest absolute Gasteiger partial charge is 0.294 e. The Morgan fingerprint density at radius 1 is 1.33 bits per heavy atom. The highest BCUT2D eigenvalue weighted by Gasteiger charge is 2.09. The summed E-state index contributed by atoms with van der Waals surface area (Å²) in [6.45, 7) is 2.69. The summed E-state index contributed by atoms with van der Waals surface area (Å²) >= 11 is 1.51. The third-order valence-corrected chi connectivity index (χ3v) is 4.11. The SMILES string of the molecule is CCCn1c(SCCCC(=O)c2ccccc2)n[nH]c1=O. The van der Waals surface area contributed by atoms with Crippen molar-refractivity contribution < 1.29 is 4.79 Å². The molecule has 0 radical (unpaired) electrons. The van der Waals surface area contributed by atoms with Crippen LogP contribution in [0.5, 0.6) is 0 Å². The van der Waals surface area contributed by atoms with Gasteiger partial charge in [0.2, 0.25) is 0 Å². The number of hydrogen-bond acceptors (Lipinski definition) is 4. The molecule has 0 saturated heterocycles. The summed E-state index contributed by atoms with van der Waals surface area (Å²) in [5, 5.41) is 7.18. The predicted octanol–water partition coefficient (Wildman–Crippen LogP) is 2.74. The van der Waals surface area contributed by atoms with E-state index < -0.39 is 0 Å². The zero-order valence-corrected chi connectivity index (χ0v) is 12.9. The standard InChI is InChI=1S/C15H19N3O2S/c1-2-10-18-14(20)16-17-15(18)21-11-6-9-13(19)12-7-4-3-5-8-12/h3-5,7-8H,2,6,9-11H2,1H3,(H,16,20). The number of aromatic amines is 1. The number of benzene rings is 1. The minimum absolute atomic E-state index is 0.157. The van der Waals surface area contributed by atoms with Crippen LogP contribution in [0.3, 0.4) is 0 Å². The second-order valence-electron chi connectivity index (χ2n) is 4.70. The van der Waals surface area contributed by atoms with E-state index in [0.29, 0.717) is 18.1 Å². The predicted molar refractivity (Wildman–Crippen MR) is 83.9 cm³/mol. The van der Waals surface area contributed by atoms with Crippen LogP contribution in [0.15, 0.2) is 40.3 Å². The number of hydrogen-bond donors (Lipinski definition) is 1. The first-order valence-corrected chi connectivity index (χ1v) is 8.07. The molecule has 0 spiro atoms. The molecular formula is C15H19N3O2S. The van der Waals surface area contributed by atoms with Crippen molar-refractivity contribution in [2.24, 2.45) is 0 Å². The van der Waals surface area contributed by atoms with E-state index in [1.165, 1.54) is 11.8 Å². The Balaban J connectivity index is 1.80. The Bertz CT molecular complexity index is 634. The van der Waals surface area contributed by atoms with E-state index in [1.54, 1.807) is 4.57 Å². The lowest BCUT2D eigenvalue weighted by Crippen LogP contribution is -2.17. The third kappa shape index (κ3) is 4.32. The summed E-state index contributed by atoms with van der Waals surface area (Å²) in [6.07, 6.45) is 2.17. The molecular weight excluding hydrogens is 286 g/mol. The average molecular weight is 305 g/mol. The molecule has 0 aliphatic rings. The van der Waals surface area contributed by atoms with Crippen LogP contribution in [0.4, 0.5) is 0 Å². The van der Waals surface area contributed by atoms with Crippen LogP contribution in [0.2, 0.25) is 0 Å². The number of thioether (sulfide) groups is 1. The van der Waals surface area contributed by atoms with Gasteiger partial charge in [0.15, 0.2) is 10.9 Å². The summed E-state index contributed by atoms with van der Waals surface area (Å²) in [7, 11) is 0. The van der Waals surface area contributed by atoms with Crippen LogP contribution >= 0.6 is 11.8 Å². The van der Waals surface area contributed by atoms with Gasteiger partial charge < -0.3 is 0 Å². The molecule has 5 nitrogen and oxygen atoms in total. The lowest BCUT2D eigenvalue weighted by Gasteiger charge is -2.03. The first-order chi connectivity index (χ1) is 10.2. The van der Waals surface area contributed by atoms with Crippen LogP contribution in [0.25, 0.3) is 0 Å². The summed E-state index contributed by atoms with van der Waals surface area (Å²) in [5.74, 6) is 0.927. The lowest BCUT2D eigenvalue weighted by molar-refractivity contribution is 0.0982. The first kappa shape index (κ1) is 15.6. The van der Waals surface area contributed by atoms with Crippen LogP contribution < -0.4 is 5.69 Å². The molecule has 0 aliphatic carbocycles. The fourth-order valence-electron chi connectivity index (χ4n) is 2.00. The number of Topliss-reactive ketones (excluding diaryl/α,β-unsaturated/α-hetero) is 1. The number of carbonyl (C=O) groups excluding carboxylic acids is 1. The maximum atomic E-state index is 11.9. The van der Waals surface area contributed by atoms with Gasteiger partial charge in [-0.05, 0) is 12.8 Å². The number of H-pyrrole nitrogens is 1. The summed E-state index contributed by atoms with van der Waals surface area (Å²) in [4.78, 5) is 23.5. The van der Waals surface area contributed by atoms with Crippen molar-refractivity contribution in [2.45, 2.75) is 37.9 Å². The molecule has 1 heterocycles. The van der Waals surface area contributed by atoms with Gasteiger partial charge >= 0.3 is 5.69 Å². The van der Waals surface area contributed by atoms with Crippen molar-refractivity contribution >= 4 is 17.5 Å². The molecule has 0 bridgehead atoms. The molecule has 0 amide bonds. The highest BCUT2D eigenvalue weighted by molar-refractivity contribution is 7.99. The molecule has 1 aromatic carbocycles. The highest BCUT2D eigenvalue weighted by Crippen LogP contribution is 2.16. The average Bonchev–Trinajstić information content (AvgIpc) is 2.86. The van der Waals surface area contributed by atoms with Gasteiger partial charge in [0.1, 0.15) is 0 Å². The van der Waals surface area contributed by atoms with Gasteiger partial charge in [0.25, 0.3) is 0 Å². The summed E-state index contributed by atoms with van der Waals surface area (Å²) in [5.41, 5.74) is 0.588. The van der Waals surface area contributed by atoms with Gasteiger partial charge in [-0.25, -0.2) is 9.89 Å². The van der Waals surface area contributed by atoms with Gasteiger partial charge in [-0.2, -0.15) is 0 Å². The van der Waals surface area contributed by atoms with Crippen LogP contribution in [-0.2, 0) is 6.54 Å². The second-order valence-corrected chi connectivity index (χ2v) is 5.77. The van der Waals surface area contributed by atoms with Crippen molar-refractivity contribution in [3.8, 4) is 0 Å². The van der Waals surface area contributed by atoms with E-state index in [2.05, 4.69) is 10.2 Å². The molecule has 2 aromatic rings. The topological polar surface area (TPSA) is 67.8 Å². The van der Waals surface area contributed by atoms with Crippen molar-refractivity contribution in [1.29, 1.82) is 0 Å². The van der Waals surface area contributed by atoms with Gasteiger partial charge in [0.05, 0.1) is 0 Å². The Kier molecular flexibility index (Phi) is 5.80. The van der Waals surface area contributed by atoms with Crippen molar-refractivity contribution in [3.63, 3.8) is 0 Å². The summed E-state index contributed by atoms with van der Waals surface area (Å²) < 4.78 is 1.64. The third-order valence-electron chi connectivity index (χ3n) is 3.05. The van der Waals surface area contributed by atoms with Gasteiger partial charge in [-0.1, -0.05) is 49.0 Å². The molecule has 0 saturated carbocycles. The van der Waals surface area contributed by atoms with Gasteiger partial charge in [-0.3, -0.25) is 9.36 Å². The second kappa shape index (κ2) is 7.83. The van der Waals surface area contributed by atoms with Crippen molar-refractivity contribution in [1.82, 2.24) is 14.8 Å². The Morgan fingerprint density at radius 2 is 2.10 bits per heavy atom. The fourth-order valence-corrected chi connectivity index (χ4v) is 2.91. The minimum Gasteiger partial charge on any atom is -0.294 e. The normalized spacial score (nSPS) is 10.7. The van der Waals surface area contributed by atoms with Crippen LogP contribution in [-0.4, -0.2) is 26.3 Å². The quantitative estimate of drug-likeness (QED) is 0.462. The Labute approximate surface area is 127 Å². The van der Waals surface area contributed by atoms with Gasteiger partial charge in [-0.15, -0.1) is 5.10 Å².